The molecular formula is C9H14O4. The second-order valence-electron chi connectivity index (χ2n) is 3.29. The van der Waals surface area contributed by atoms with E-state index in [9.17, 15) is 14.7 Å². The molecule has 0 heterocycles. The van der Waals surface area contributed by atoms with Crippen LogP contribution in [0.5, 0.6) is 0 Å². The first-order valence-electron chi connectivity index (χ1n) is 4.45. The van der Waals surface area contributed by atoms with Gasteiger partial charge in [0.25, 0.3) is 0 Å². The van der Waals surface area contributed by atoms with Crippen molar-refractivity contribution in [2.75, 3.05) is 7.11 Å². The molecular weight excluding hydrogens is 172 g/mol. The molecule has 0 amide bonds. The SMILES string of the molecule is COC(=O)[C@H](O)[C@@H]1CCCCC1=O. The largest absolute Gasteiger partial charge is 0.467 e. The van der Waals surface area contributed by atoms with Crippen LogP contribution in [0.25, 0.3) is 0 Å². The van der Waals surface area contributed by atoms with Crippen molar-refractivity contribution >= 4 is 11.8 Å². The van der Waals surface area contributed by atoms with Crippen LogP contribution < -0.4 is 0 Å². The molecule has 0 bridgehead atoms. The summed E-state index contributed by atoms with van der Waals surface area (Å²) < 4.78 is 4.37. The Balaban J connectivity index is 2.58. The molecule has 1 N–H and O–H groups in total. The molecule has 0 aliphatic heterocycles. The van der Waals surface area contributed by atoms with Crippen molar-refractivity contribution in [2.24, 2.45) is 5.92 Å². The van der Waals surface area contributed by atoms with Crippen LogP contribution >= 0.6 is 0 Å². The lowest BCUT2D eigenvalue weighted by Crippen LogP contribution is -2.37. The molecule has 0 aromatic heterocycles. The van der Waals surface area contributed by atoms with E-state index in [-0.39, 0.29) is 5.78 Å². The topological polar surface area (TPSA) is 63.6 Å². The van der Waals surface area contributed by atoms with Gasteiger partial charge < -0.3 is 9.84 Å². The van der Waals surface area contributed by atoms with Crippen LogP contribution in [0, 0.1) is 5.92 Å². The van der Waals surface area contributed by atoms with Gasteiger partial charge in [-0.2, -0.15) is 0 Å². The van der Waals surface area contributed by atoms with Gasteiger partial charge in [-0.15, -0.1) is 0 Å². The summed E-state index contributed by atoms with van der Waals surface area (Å²) in [5.41, 5.74) is 0. The van der Waals surface area contributed by atoms with Crippen LogP contribution in [0.15, 0.2) is 0 Å². The van der Waals surface area contributed by atoms with Gasteiger partial charge in [-0.25, -0.2) is 4.79 Å². The zero-order valence-corrected chi connectivity index (χ0v) is 7.66. The van der Waals surface area contributed by atoms with Gasteiger partial charge in [-0.3, -0.25) is 4.79 Å². The van der Waals surface area contributed by atoms with Crippen LogP contribution in [-0.4, -0.2) is 30.1 Å². The van der Waals surface area contributed by atoms with Crippen LogP contribution in [-0.2, 0) is 14.3 Å². The molecule has 1 aliphatic rings. The van der Waals surface area contributed by atoms with Gasteiger partial charge in [0.15, 0.2) is 6.10 Å². The van der Waals surface area contributed by atoms with E-state index in [0.29, 0.717) is 12.8 Å². The maximum atomic E-state index is 11.3. The van der Waals surface area contributed by atoms with Crippen LogP contribution in [0.2, 0.25) is 0 Å². The maximum Gasteiger partial charge on any atom is 0.335 e. The average Bonchev–Trinajstić information content (AvgIpc) is 2.16. The lowest BCUT2D eigenvalue weighted by Gasteiger charge is -2.23. The molecule has 0 aromatic rings. The normalized spacial score (nSPS) is 25.4. The summed E-state index contributed by atoms with van der Waals surface area (Å²) in [4.78, 5) is 22.2. The van der Waals surface area contributed by atoms with Crippen molar-refractivity contribution in [3.63, 3.8) is 0 Å². The van der Waals surface area contributed by atoms with Gasteiger partial charge >= 0.3 is 5.97 Å². The second-order valence-corrected chi connectivity index (χ2v) is 3.29. The molecule has 1 aliphatic carbocycles. The highest BCUT2D eigenvalue weighted by Gasteiger charge is 2.33. The molecule has 0 spiro atoms. The summed E-state index contributed by atoms with van der Waals surface area (Å²) in [6.07, 6.45) is 1.56. The highest BCUT2D eigenvalue weighted by Crippen LogP contribution is 2.23. The van der Waals surface area contributed by atoms with Gasteiger partial charge in [-0.1, -0.05) is 6.42 Å². The monoisotopic (exact) mass is 186 g/mol. The Labute approximate surface area is 76.9 Å². The molecule has 2 atom stereocenters. The van der Waals surface area contributed by atoms with E-state index in [1.54, 1.807) is 0 Å². The third-order valence-electron chi connectivity index (χ3n) is 2.43. The zero-order chi connectivity index (χ0) is 9.84. The fourth-order valence-corrected chi connectivity index (χ4v) is 1.63. The molecule has 1 rings (SSSR count). The lowest BCUT2D eigenvalue weighted by molar-refractivity contribution is -0.157. The van der Waals surface area contributed by atoms with Gasteiger partial charge in [0.2, 0.25) is 0 Å². The Bertz CT molecular complexity index is 212. The second kappa shape index (κ2) is 4.37. The van der Waals surface area contributed by atoms with Crippen molar-refractivity contribution in [3.05, 3.63) is 0 Å². The zero-order valence-electron chi connectivity index (χ0n) is 7.66. The van der Waals surface area contributed by atoms with Crippen LogP contribution in [0.4, 0.5) is 0 Å². The minimum Gasteiger partial charge on any atom is -0.467 e. The summed E-state index contributed by atoms with van der Waals surface area (Å²) in [6.45, 7) is 0. The number of rotatable bonds is 2. The number of ether oxygens (including phenoxy) is 1. The molecule has 1 saturated carbocycles. The quantitative estimate of drug-likeness (QED) is 0.629. The fourth-order valence-electron chi connectivity index (χ4n) is 1.63. The molecule has 0 radical (unpaired) electrons. The summed E-state index contributed by atoms with van der Waals surface area (Å²) >= 11 is 0. The number of hydrogen-bond acceptors (Lipinski definition) is 4. The third-order valence-corrected chi connectivity index (χ3v) is 2.43. The number of Topliss-reactive ketones (excluding diaryl/α,β-unsaturated/α-hetero) is 1. The number of hydrogen-bond donors (Lipinski definition) is 1. The van der Waals surface area contributed by atoms with Gasteiger partial charge in [0, 0.05) is 6.42 Å². The van der Waals surface area contributed by atoms with E-state index in [0.717, 1.165) is 12.8 Å². The number of carbonyl (C=O) groups is 2. The van der Waals surface area contributed by atoms with E-state index in [2.05, 4.69) is 4.74 Å². The standard InChI is InChI=1S/C9H14O4/c1-13-9(12)8(11)6-4-2-3-5-7(6)10/h6,8,11H,2-5H2,1H3/t6-,8-/m1/s1. The first-order valence-corrected chi connectivity index (χ1v) is 4.45. The highest BCUT2D eigenvalue weighted by molar-refractivity contribution is 5.88. The van der Waals surface area contributed by atoms with E-state index < -0.39 is 18.0 Å². The van der Waals surface area contributed by atoms with E-state index in [1.807, 2.05) is 0 Å². The van der Waals surface area contributed by atoms with E-state index >= 15 is 0 Å². The molecule has 0 aromatic carbocycles. The molecule has 4 heteroatoms. The van der Waals surface area contributed by atoms with Crippen molar-refractivity contribution in [1.82, 2.24) is 0 Å². The Kier molecular flexibility index (Phi) is 3.42. The smallest absolute Gasteiger partial charge is 0.335 e. The summed E-state index contributed by atoms with van der Waals surface area (Å²) in [5, 5.41) is 9.42. The Morgan fingerprint density at radius 2 is 2.31 bits per heavy atom. The Morgan fingerprint density at radius 3 is 2.85 bits per heavy atom. The number of esters is 1. The van der Waals surface area contributed by atoms with Crippen LogP contribution in [0.1, 0.15) is 25.7 Å². The first kappa shape index (κ1) is 10.2. The van der Waals surface area contributed by atoms with Crippen molar-refractivity contribution in [2.45, 2.75) is 31.8 Å². The van der Waals surface area contributed by atoms with Crippen molar-refractivity contribution in [1.29, 1.82) is 0 Å². The predicted octanol–water partition coefficient (Wildman–Crippen LogP) is 0.280. The molecule has 0 saturated heterocycles. The Morgan fingerprint density at radius 1 is 1.62 bits per heavy atom. The number of aliphatic hydroxyl groups excluding tert-OH is 1. The molecule has 0 unspecified atom stereocenters. The van der Waals surface area contributed by atoms with Gasteiger partial charge in [0.1, 0.15) is 5.78 Å². The van der Waals surface area contributed by atoms with Gasteiger partial charge in [-0.05, 0) is 12.8 Å². The Hall–Kier alpha value is -0.900. The average molecular weight is 186 g/mol. The number of ketones is 1. The molecule has 74 valence electrons. The third kappa shape index (κ3) is 2.28. The predicted molar refractivity (Wildman–Crippen MR) is 45.0 cm³/mol. The lowest BCUT2D eigenvalue weighted by atomic mass is 9.84. The van der Waals surface area contributed by atoms with Crippen molar-refractivity contribution in [3.8, 4) is 0 Å². The molecule has 1 fully saturated rings. The number of methoxy groups -OCH3 is 1. The van der Waals surface area contributed by atoms with Gasteiger partial charge in [0.05, 0.1) is 13.0 Å². The number of aliphatic hydroxyl groups is 1. The van der Waals surface area contributed by atoms with E-state index in [4.69, 9.17) is 0 Å². The van der Waals surface area contributed by atoms with Crippen LogP contribution in [0.3, 0.4) is 0 Å². The summed E-state index contributed by atoms with van der Waals surface area (Å²) in [5.74, 6) is -1.27. The van der Waals surface area contributed by atoms with E-state index in [1.165, 1.54) is 7.11 Å². The summed E-state index contributed by atoms with van der Waals surface area (Å²) in [7, 11) is 1.21. The highest BCUT2D eigenvalue weighted by atomic mass is 16.5. The maximum absolute atomic E-state index is 11.3. The minimum absolute atomic E-state index is 0.0239. The first-order chi connectivity index (χ1) is 6.16. The van der Waals surface area contributed by atoms with Crippen molar-refractivity contribution < 1.29 is 19.4 Å². The molecule has 4 nitrogen and oxygen atoms in total. The summed E-state index contributed by atoms with van der Waals surface area (Å²) in [6, 6.07) is 0. The minimum atomic E-state index is -1.27. The fraction of sp³-hybridized carbons (Fsp3) is 0.778. The molecule has 13 heavy (non-hydrogen) atoms. The number of carbonyl (C=O) groups excluding carboxylic acids is 2.